The lowest BCUT2D eigenvalue weighted by molar-refractivity contribution is -0.295. The number of benzene rings is 1. The van der Waals surface area contributed by atoms with Crippen LogP contribution in [0.1, 0.15) is 18.0 Å². The van der Waals surface area contributed by atoms with Crippen LogP contribution in [0.3, 0.4) is 0 Å². The van der Waals surface area contributed by atoms with Gasteiger partial charge in [-0.05, 0) is 12.1 Å². The van der Waals surface area contributed by atoms with E-state index in [0.29, 0.717) is 5.06 Å². The number of hydrogen-bond acceptors (Lipinski definition) is 7. The fraction of sp³-hybridized carbons (Fsp3) is 0.375. The van der Waals surface area contributed by atoms with Crippen LogP contribution in [0.4, 0.5) is 4.39 Å². The van der Waals surface area contributed by atoms with E-state index in [4.69, 9.17) is 21.1 Å². The first-order valence-corrected chi connectivity index (χ1v) is 8.44. The van der Waals surface area contributed by atoms with Gasteiger partial charge in [0.2, 0.25) is 0 Å². The first kappa shape index (κ1) is 18.3. The summed E-state index contributed by atoms with van der Waals surface area (Å²) in [6.45, 7) is -0.0806. The zero-order valence-corrected chi connectivity index (χ0v) is 14.4. The number of H-pyrrole nitrogens is 1. The standard InChI is InChI=1S/C16H15ClFN3O6/c17-7-2-1-3-8(18)11(7)14-21(25)12-9(6-26-14)27-15(13(12)23)20-5-4-10(22)19-16(20)24/h1-5,9,12-15,23,25H,6H2,(H,19,22,24). The van der Waals surface area contributed by atoms with Crippen molar-refractivity contribution in [2.24, 2.45) is 0 Å². The number of nitrogens with one attached hydrogen (secondary N) is 1. The van der Waals surface area contributed by atoms with E-state index in [1.165, 1.54) is 24.4 Å². The molecule has 0 aliphatic carbocycles. The van der Waals surface area contributed by atoms with Crippen molar-refractivity contribution in [2.75, 3.05) is 6.61 Å². The second-order valence-corrected chi connectivity index (χ2v) is 6.67. The van der Waals surface area contributed by atoms with Crippen LogP contribution in [-0.2, 0) is 9.47 Å². The third kappa shape index (κ3) is 3.00. The van der Waals surface area contributed by atoms with Crippen LogP contribution in [0.15, 0.2) is 40.1 Å². The number of rotatable bonds is 2. The van der Waals surface area contributed by atoms with E-state index in [1.54, 1.807) is 0 Å². The van der Waals surface area contributed by atoms with E-state index in [9.17, 15) is 24.3 Å². The summed E-state index contributed by atoms with van der Waals surface area (Å²) in [7, 11) is 0. The highest BCUT2D eigenvalue weighted by atomic mass is 35.5. The molecular formula is C16H15ClFN3O6. The highest BCUT2D eigenvalue weighted by molar-refractivity contribution is 6.31. The number of hydroxylamine groups is 2. The number of nitrogens with zero attached hydrogens (tertiary/aromatic N) is 2. The first-order chi connectivity index (χ1) is 12.9. The molecule has 0 radical (unpaired) electrons. The van der Waals surface area contributed by atoms with Crippen LogP contribution in [0.5, 0.6) is 0 Å². The zero-order valence-electron chi connectivity index (χ0n) is 13.7. The Morgan fingerprint density at radius 3 is 2.78 bits per heavy atom. The largest absolute Gasteiger partial charge is 0.387 e. The molecule has 11 heteroatoms. The van der Waals surface area contributed by atoms with Crippen LogP contribution in [0.25, 0.3) is 0 Å². The topological polar surface area (TPSA) is 117 Å². The van der Waals surface area contributed by atoms with E-state index in [2.05, 4.69) is 4.98 Å². The number of aromatic amines is 1. The van der Waals surface area contributed by atoms with E-state index < -0.39 is 47.8 Å². The zero-order chi connectivity index (χ0) is 19.3. The molecule has 0 amide bonds. The third-order valence-electron chi connectivity index (χ3n) is 4.67. The molecule has 2 saturated heterocycles. The molecule has 0 bridgehead atoms. The number of aliphatic hydroxyl groups is 1. The van der Waals surface area contributed by atoms with Crippen molar-refractivity contribution in [1.82, 2.24) is 14.6 Å². The van der Waals surface area contributed by atoms with Gasteiger partial charge in [0.1, 0.15) is 18.0 Å². The monoisotopic (exact) mass is 399 g/mol. The summed E-state index contributed by atoms with van der Waals surface area (Å²) >= 11 is 6.04. The van der Waals surface area contributed by atoms with Crippen molar-refractivity contribution in [3.05, 3.63) is 67.7 Å². The highest BCUT2D eigenvalue weighted by Gasteiger charge is 2.53. The van der Waals surface area contributed by atoms with Crippen molar-refractivity contribution in [3.8, 4) is 0 Å². The number of ether oxygens (including phenoxy) is 2. The normalized spacial score (nSPS) is 31.0. The van der Waals surface area contributed by atoms with Gasteiger partial charge in [-0.25, -0.2) is 9.18 Å². The quantitative estimate of drug-likeness (QED) is 0.668. The Hall–Kier alpha value is -2.08. The minimum absolute atomic E-state index is 0.0549. The van der Waals surface area contributed by atoms with E-state index in [-0.39, 0.29) is 17.2 Å². The Morgan fingerprint density at radius 2 is 2.07 bits per heavy atom. The van der Waals surface area contributed by atoms with Gasteiger partial charge in [0.15, 0.2) is 12.5 Å². The molecule has 2 aromatic rings. The molecular weight excluding hydrogens is 385 g/mol. The maximum Gasteiger partial charge on any atom is 0.330 e. The molecule has 0 spiro atoms. The average molecular weight is 400 g/mol. The minimum Gasteiger partial charge on any atom is -0.387 e. The Labute approximate surface area is 156 Å². The van der Waals surface area contributed by atoms with Gasteiger partial charge in [0.25, 0.3) is 5.56 Å². The van der Waals surface area contributed by atoms with Gasteiger partial charge in [-0.1, -0.05) is 17.7 Å². The lowest BCUT2D eigenvalue weighted by Crippen LogP contribution is -2.53. The van der Waals surface area contributed by atoms with Gasteiger partial charge in [0, 0.05) is 12.3 Å². The molecule has 9 nitrogen and oxygen atoms in total. The molecule has 2 fully saturated rings. The summed E-state index contributed by atoms with van der Waals surface area (Å²) in [6.07, 6.45) is -3.40. The van der Waals surface area contributed by atoms with Crippen LogP contribution in [0, 0.1) is 5.82 Å². The average Bonchev–Trinajstić information content (AvgIpc) is 2.94. The first-order valence-electron chi connectivity index (χ1n) is 8.06. The van der Waals surface area contributed by atoms with Gasteiger partial charge in [-0.3, -0.25) is 14.3 Å². The van der Waals surface area contributed by atoms with Crippen molar-refractivity contribution < 1.29 is 24.2 Å². The lowest BCUT2D eigenvalue weighted by atomic mass is 10.0. The molecule has 1 aromatic carbocycles. The summed E-state index contributed by atoms with van der Waals surface area (Å²) < 4.78 is 26.4. The van der Waals surface area contributed by atoms with Gasteiger partial charge >= 0.3 is 5.69 Å². The Balaban J connectivity index is 1.66. The summed E-state index contributed by atoms with van der Waals surface area (Å²) in [5, 5.41) is 21.9. The second kappa shape index (κ2) is 6.82. The summed E-state index contributed by atoms with van der Waals surface area (Å²) in [4.78, 5) is 25.3. The summed E-state index contributed by atoms with van der Waals surface area (Å²) in [5.41, 5.74) is -1.44. The van der Waals surface area contributed by atoms with Crippen molar-refractivity contribution in [1.29, 1.82) is 0 Å². The van der Waals surface area contributed by atoms with Crippen LogP contribution >= 0.6 is 11.6 Å². The van der Waals surface area contributed by atoms with E-state index >= 15 is 0 Å². The maximum absolute atomic E-state index is 14.2. The Bertz CT molecular complexity index is 961. The second-order valence-electron chi connectivity index (χ2n) is 6.26. The smallest absolute Gasteiger partial charge is 0.330 e. The van der Waals surface area contributed by atoms with Gasteiger partial charge in [-0.15, -0.1) is 0 Å². The number of aromatic nitrogens is 2. The number of halogens is 2. The minimum atomic E-state index is -1.36. The highest BCUT2D eigenvalue weighted by Crippen LogP contribution is 2.41. The van der Waals surface area contributed by atoms with Gasteiger partial charge in [0.05, 0.1) is 23.2 Å². The third-order valence-corrected chi connectivity index (χ3v) is 5.00. The fourth-order valence-electron chi connectivity index (χ4n) is 3.43. The van der Waals surface area contributed by atoms with Crippen molar-refractivity contribution >= 4 is 11.6 Å². The molecule has 4 rings (SSSR count). The summed E-state index contributed by atoms with van der Waals surface area (Å²) in [5.74, 6) is -0.674. The SMILES string of the molecule is O=c1ccn(C2OC3COC(c4c(F)cccc4Cl)N(O)C3C2O)c(=O)[nH]1. The molecule has 5 unspecified atom stereocenters. The summed E-state index contributed by atoms with van der Waals surface area (Å²) in [6, 6.07) is 4.14. The molecule has 5 atom stereocenters. The van der Waals surface area contributed by atoms with E-state index in [1.807, 2.05) is 0 Å². The number of aliphatic hydroxyl groups excluding tert-OH is 1. The van der Waals surface area contributed by atoms with Crippen molar-refractivity contribution in [2.45, 2.75) is 30.7 Å². The van der Waals surface area contributed by atoms with Crippen LogP contribution < -0.4 is 11.2 Å². The molecule has 1 aromatic heterocycles. The van der Waals surface area contributed by atoms with Crippen LogP contribution in [0.2, 0.25) is 5.02 Å². The Kier molecular flexibility index (Phi) is 4.62. The van der Waals surface area contributed by atoms with Crippen LogP contribution in [-0.4, -0.2) is 49.8 Å². The van der Waals surface area contributed by atoms with E-state index in [0.717, 1.165) is 10.6 Å². The predicted octanol–water partition coefficient (Wildman–Crippen LogP) is 0.376. The molecule has 144 valence electrons. The van der Waals surface area contributed by atoms with Crippen molar-refractivity contribution in [3.63, 3.8) is 0 Å². The molecule has 3 heterocycles. The fourth-order valence-corrected chi connectivity index (χ4v) is 3.69. The van der Waals surface area contributed by atoms with Gasteiger partial charge < -0.3 is 19.8 Å². The maximum atomic E-state index is 14.2. The Morgan fingerprint density at radius 1 is 1.30 bits per heavy atom. The molecule has 2 aliphatic rings. The lowest BCUT2D eigenvalue weighted by Gasteiger charge is -2.39. The molecule has 0 saturated carbocycles. The predicted molar refractivity (Wildman–Crippen MR) is 88.8 cm³/mol. The molecule has 2 aliphatic heterocycles. The van der Waals surface area contributed by atoms with Gasteiger partial charge in [-0.2, -0.15) is 5.06 Å². The molecule has 3 N–H and O–H groups in total. The number of hydrogen-bond donors (Lipinski definition) is 3. The molecule has 27 heavy (non-hydrogen) atoms. The number of fused-ring (bicyclic) bond motifs is 1.